The number of unbranched alkanes of at least 4 members (excludes halogenated alkanes) is 1. The minimum atomic E-state index is -0.600. The Morgan fingerprint density at radius 1 is 1.27 bits per heavy atom. The van der Waals surface area contributed by atoms with E-state index >= 15 is 0 Å². The van der Waals surface area contributed by atoms with Gasteiger partial charge < -0.3 is 4.74 Å². The third kappa shape index (κ3) is 5.30. The summed E-state index contributed by atoms with van der Waals surface area (Å²) in [5.74, 6) is -0.832. The molecule has 0 aliphatic carbocycles. The summed E-state index contributed by atoms with van der Waals surface area (Å²) in [6, 6.07) is 7.43. The number of esters is 1. The van der Waals surface area contributed by atoms with Gasteiger partial charge in [0.2, 0.25) is 0 Å². The third-order valence-corrected chi connectivity index (χ3v) is 4.47. The monoisotopic (exact) mass is 374 g/mol. The molecule has 138 valence electrons. The summed E-state index contributed by atoms with van der Waals surface area (Å²) in [5, 5.41) is 4.59. The summed E-state index contributed by atoms with van der Waals surface area (Å²) in [6.45, 7) is 3.64. The lowest BCUT2D eigenvalue weighted by Gasteiger charge is -2.04. The molecule has 0 radical (unpaired) electrons. The maximum atomic E-state index is 12.1. The summed E-state index contributed by atoms with van der Waals surface area (Å²) in [5.41, 5.74) is 3.10. The average molecular weight is 375 g/mol. The first-order valence-corrected chi connectivity index (χ1v) is 8.96. The highest BCUT2D eigenvalue weighted by Crippen LogP contribution is 2.20. The van der Waals surface area contributed by atoms with Crippen LogP contribution in [0.15, 0.2) is 30.3 Å². The number of halogens is 1. The van der Waals surface area contributed by atoms with E-state index in [0.29, 0.717) is 22.0 Å². The number of hydrogen-bond donors (Lipinski definition) is 0. The van der Waals surface area contributed by atoms with Crippen molar-refractivity contribution in [1.82, 2.24) is 9.78 Å². The van der Waals surface area contributed by atoms with Crippen LogP contribution in [0.1, 0.15) is 46.9 Å². The zero-order chi connectivity index (χ0) is 19.1. The Bertz CT molecular complexity index is 807. The number of Topliss-reactive ketones (excluding diaryl/α,β-unsaturated/α-hetero) is 1. The third-order valence-electron chi connectivity index (χ3n) is 4.02. The molecule has 5 nitrogen and oxygen atoms in total. The number of benzene rings is 1. The van der Waals surface area contributed by atoms with E-state index < -0.39 is 5.97 Å². The number of nitrogens with zero attached hydrogens (tertiary/aromatic N) is 2. The normalized spacial score (nSPS) is 11.1. The fourth-order valence-corrected chi connectivity index (χ4v) is 2.73. The van der Waals surface area contributed by atoms with Crippen LogP contribution in [0, 0.1) is 6.92 Å². The van der Waals surface area contributed by atoms with Crippen molar-refractivity contribution in [3.8, 4) is 0 Å². The van der Waals surface area contributed by atoms with Crippen LogP contribution in [-0.4, -0.2) is 28.1 Å². The highest BCUT2D eigenvalue weighted by molar-refractivity contribution is 6.31. The second-order valence-corrected chi connectivity index (χ2v) is 6.44. The molecule has 1 aromatic carbocycles. The minimum Gasteiger partial charge on any atom is -0.454 e. The Balaban J connectivity index is 1.88. The Hall–Kier alpha value is -2.40. The predicted octanol–water partition coefficient (Wildman–Crippen LogP) is 4.16. The van der Waals surface area contributed by atoms with E-state index in [2.05, 4.69) is 12.0 Å². The van der Waals surface area contributed by atoms with Gasteiger partial charge in [0.25, 0.3) is 0 Å². The van der Waals surface area contributed by atoms with Gasteiger partial charge in [-0.25, -0.2) is 4.79 Å². The molecule has 0 saturated heterocycles. The Morgan fingerprint density at radius 2 is 1.96 bits per heavy atom. The molecule has 6 heteroatoms. The van der Waals surface area contributed by atoms with Crippen LogP contribution in [0.25, 0.3) is 6.08 Å². The summed E-state index contributed by atoms with van der Waals surface area (Å²) >= 11 is 6.09. The van der Waals surface area contributed by atoms with Crippen LogP contribution in [0.3, 0.4) is 0 Å². The van der Waals surface area contributed by atoms with E-state index in [4.69, 9.17) is 16.3 Å². The van der Waals surface area contributed by atoms with Crippen LogP contribution in [-0.2, 0) is 23.0 Å². The molecule has 0 aliphatic rings. The van der Waals surface area contributed by atoms with Gasteiger partial charge in [0, 0.05) is 24.3 Å². The van der Waals surface area contributed by atoms with Crippen LogP contribution >= 0.6 is 11.6 Å². The van der Waals surface area contributed by atoms with Crippen molar-refractivity contribution in [1.29, 1.82) is 0 Å². The SMILES string of the molecule is CCCCc1ccc(C(=O)COC(=O)/C=C/c2c(C)nn(C)c2Cl)cc1. The summed E-state index contributed by atoms with van der Waals surface area (Å²) in [4.78, 5) is 23.9. The van der Waals surface area contributed by atoms with E-state index in [1.165, 1.54) is 16.3 Å². The Morgan fingerprint density at radius 3 is 2.54 bits per heavy atom. The fraction of sp³-hybridized carbons (Fsp3) is 0.350. The first-order chi connectivity index (χ1) is 12.4. The van der Waals surface area contributed by atoms with Gasteiger partial charge in [-0.1, -0.05) is 49.2 Å². The van der Waals surface area contributed by atoms with Gasteiger partial charge in [0.1, 0.15) is 5.15 Å². The molecule has 0 unspecified atom stereocenters. The van der Waals surface area contributed by atoms with Gasteiger partial charge >= 0.3 is 5.97 Å². The quantitative estimate of drug-likeness (QED) is 0.395. The van der Waals surface area contributed by atoms with Crippen molar-refractivity contribution in [2.45, 2.75) is 33.1 Å². The molecular weight excluding hydrogens is 352 g/mol. The number of aryl methyl sites for hydroxylation is 3. The van der Waals surface area contributed by atoms with E-state index in [0.717, 1.165) is 19.3 Å². The molecule has 0 saturated carbocycles. The van der Waals surface area contributed by atoms with Gasteiger partial charge in [-0.3, -0.25) is 9.48 Å². The number of ketones is 1. The average Bonchev–Trinajstić information content (AvgIpc) is 2.88. The van der Waals surface area contributed by atoms with Crippen LogP contribution in [0.2, 0.25) is 5.15 Å². The maximum absolute atomic E-state index is 12.1. The Labute approximate surface area is 158 Å². The second-order valence-electron chi connectivity index (χ2n) is 6.08. The smallest absolute Gasteiger partial charge is 0.331 e. The molecule has 0 N–H and O–H groups in total. The Kier molecular flexibility index (Phi) is 7.16. The van der Waals surface area contributed by atoms with Gasteiger partial charge in [0.15, 0.2) is 12.4 Å². The predicted molar refractivity (Wildman–Crippen MR) is 102 cm³/mol. The van der Waals surface area contributed by atoms with E-state index in [-0.39, 0.29) is 12.4 Å². The van der Waals surface area contributed by atoms with Gasteiger partial charge in [0.05, 0.1) is 5.69 Å². The number of carbonyl (C=O) groups excluding carboxylic acids is 2. The number of carbonyl (C=O) groups is 2. The number of rotatable bonds is 8. The van der Waals surface area contributed by atoms with Crippen molar-refractivity contribution in [2.75, 3.05) is 6.61 Å². The molecule has 0 fully saturated rings. The van der Waals surface area contributed by atoms with E-state index in [1.807, 2.05) is 12.1 Å². The molecule has 0 spiro atoms. The molecular formula is C20H23ClN2O3. The first-order valence-electron chi connectivity index (χ1n) is 8.58. The van der Waals surface area contributed by atoms with Crippen molar-refractivity contribution in [3.63, 3.8) is 0 Å². The summed E-state index contributed by atoms with van der Waals surface area (Å²) < 4.78 is 6.54. The van der Waals surface area contributed by atoms with Crippen molar-refractivity contribution < 1.29 is 14.3 Å². The number of hydrogen-bond acceptors (Lipinski definition) is 4. The van der Waals surface area contributed by atoms with Crippen molar-refractivity contribution >= 4 is 29.4 Å². The molecule has 2 aromatic rings. The van der Waals surface area contributed by atoms with Gasteiger partial charge in [-0.05, 0) is 31.4 Å². The van der Waals surface area contributed by atoms with Crippen molar-refractivity contribution in [2.24, 2.45) is 7.05 Å². The lowest BCUT2D eigenvalue weighted by Crippen LogP contribution is -2.12. The molecule has 26 heavy (non-hydrogen) atoms. The number of ether oxygens (including phenoxy) is 1. The lowest BCUT2D eigenvalue weighted by molar-refractivity contribution is -0.136. The largest absolute Gasteiger partial charge is 0.454 e. The maximum Gasteiger partial charge on any atom is 0.331 e. The fourth-order valence-electron chi connectivity index (χ4n) is 2.49. The lowest BCUT2D eigenvalue weighted by atomic mass is 10.0. The molecule has 2 rings (SSSR count). The molecule has 0 bridgehead atoms. The van der Waals surface area contributed by atoms with Gasteiger partial charge in [-0.15, -0.1) is 0 Å². The van der Waals surface area contributed by atoms with E-state index in [9.17, 15) is 9.59 Å². The topological polar surface area (TPSA) is 61.2 Å². The second kappa shape index (κ2) is 9.34. The van der Waals surface area contributed by atoms with Crippen LogP contribution in [0.5, 0.6) is 0 Å². The van der Waals surface area contributed by atoms with Gasteiger partial charge in [-0.2, -0.15) is 5.10 Å². The highest BCUT2D eigenvalue weighted by atomic mass is 35.5. The molecule has 1 aromatic heterocycles. The molecule has 0 amide bonds. The zero-order valence-electron chi connectivity index (χ0n) is 15.3. The highest BCUT2D eigenvalue weighted by Gasteiger charge is 2.11. The summed E-state index contributed by atoms with van der Waals surface area (Å²) in [7, 11) is 1.72. The molecule has 0 aliphatic heterocycles. The van der Waals surface area contributed by atoms with Crippen molar-refractivity contribution in [3.05, 3.63) is 57.9 Å². The summed E-state index contributed by atoms with van der Waals surface area (Å²) in [6.07, 6.45) is 6.05. The van der Waals surface area contributed by atoms with Crippen LogP contribution < -0.4 is 0 Å². The van der Waals surface area contributed by atoms with E-state index in [1.54, 1.807) is 32.2 Å². The van der Waals surface area contributed by atoms with Crippen LogP contribution in [0.4, 0.5) is 0 Å². The molecule has 0 atom stereocenters. The first kappa shape index (κ1) is 19.9. The number of aromatic nitrogens is 2. The minimum absolute atomic E-state index is 0.232. The molecule has 1 heterocycles. The standard InChI is InChI=1S/C20H23ClN2O3/c1-4-5-6-15-7-9-16(10-8-15)18(24)13-26-19(25)12-11-17-14(2)22-23(3)20(17)21/h7-12H,4-6,13H2,1-3H3/b12-11+. The zero-order valence-corrected chi connectivity index (χ0v) is 16.0.